The van der Waals surface area contributed by atoms with Crippen molar-refractivity contribution in [1.82, 2.24) is 5.32 Å². The zero-order valence-electron chi connectivity index (χ0n) is 10.2. The van der Waals surface area contributed by atoms with Gasteiger partial charge in [0, 0.05) is 5.56 Å². The quantitative estimate of drug-likeness (QED) is 0.786. The van der Waals surface area contributed by atoms with E-state index in [2.05, 4.69) is 5.32 Å². The summed E-state index contributed by atoms with van der Waals surface area (Å²) in [4.78, 5) is 11.2. The summed E-state index contributed by atoms with van der Waals surface area (Å²) in [5.74, 6) is 0.183. The standard InChI is InChI=1S/C12H17NO4/c1-4-13-11(12(14)15)9-7-8(16-2)5-6-10(9)17-3/h5-7,11,13H,4H2,1-3H3,(H,14,15). The van der Waals surface area contributed by atoms with E-state index in [0.29, 0.717) is 23.6 Å². The number of hydrogen-bond acceptors (Lipinski definition) is 4. The van der Waals surface area contributed by atoms with E-state index in [9.17, 15) is 9.90 Å². The molecule has 94 valence electrons. The normalized spacial score (nSPS) is 11.9. The summed E-state index contributed by atoms with van der Waals surface area (Å²) in [5, 5.41) is 12.1. The fraction of sp³-hybridized carbons (Fsp3) is 0.417. The Morgan fingerprint density at radius 3 is 2.59 bits per heavy atom. The van der Waals surface area contributed by atoms with Crippen LogP contribution in [-0.4, -0.2) is 31.8 Å². The predicted octanol–water partition coefficient (Wildman–Crippen LogP) is 1.44. The molecular weight excluding hydrogens is 222 g/mol. The van der Waals surface area contributed by atoms with E-state index in [4.69, 9.17) is 9.47 Å². The summed E-state index contributed by atoms with van der Waals surface area (Å²) in [5.41, 5.74) is 0.557. The molecular formula is C12H17NO4. The van der Waals surface area contributed by atoms with Crippen molar-refractivity contribution in [1.29, 1.82) is 0 Å². The van der Waals surface area contributed by atoms with Crippen molar-refractivity contribution < 1.29 is 19.4 Å². The second-order valence-electron chi connectivity index (χ2n) is 3.44. The molecule has 0 fully saturated rings. The highest BCUT2D eigenvalue weighted by Crippen LogP contribution is 2.29. The lowest BCUT2D eigenvalue weighted by Crippen LogP contribution is -2.28. The van der Waals surface area contributed by atoms with Crippen LogP contribution in [0.2, 0.25) is 0 Å². The Morgan fingerprint density at radius 1 is 1.41 bits per heavy atom. The Balaban J connectivity index is 3.18. The van der Waals surface area contributed by atoms with Gasteiger partial charge in [0.1, 0.15) is 17.5 Å². The summed E-state index contributed by atoms with van der Waals surface area (Å²) < 4.78 is 10.2. The van der Waals surface area contributed by atoms with E-state index >= 15 is 0 Å². The molecule has 1 unspecified atom stereocenters. The Kier molecular flexibility index (Phi) is 4.78. The first-order valence-corrected chi connectivity index (χ1v) is 5.32. The van der Waals surface area contributed by atoms with Crippen molar-refractivity contribution in [3.05, 3.63) is 23.8 Å². The maximum absolute atomic E-state index is 11.2. The number of likely N-dealkylation sites (N-methyl/N-ethyl adjacent to an activating group) is 1. The first-order chi connectivity index (χ1) is 8.13. The van der Waals surface area contributed by atoms with Gasteiger partial charge in [0.15, 0.2) is 0 Å². The molecule has 1 aromatic carbocycles. The molecule has 1 atom stereocenters. The lowest BCUT2D eigenvalue weighted by molar-refractivity contribution is -0.139. The minimum absolute atomic E-state index is 0.527. The molecule has 2 N–H and O–H groups in total. The molecule has 5 heteroatoms. The molecule has 0 radical (unpaired) electrons. The van der Waals surface area contributed by atoms with Gasteiger partial charge in [-0.15, -0.1) is 0 Å². The Morgan fingerprint density at radius 2 is 2.12 bits per heavy atom. The van der Waals surface area contributed by atoms with Crippen molar-refractivity contribution in [3.63, 3.8) is 0 Å². The number of rotatable bonds is 6. The van der Waals surface area contributed by atoms with Crippen LogP contribution in [0.25, 0.3) is 0 Å². The van der Waals surface area contributed by atoms with Gasteiger partial charge >= 0.3 is 5.97 Å². The number of hydrogen-bond donors (Lipinski definition) is 2. The summed E-state index contributed by atoms with van der Waals surface area (Å²) in [6.07, 6.45) is 0. The van der Waals surface area contributed by atoms with Crippen molar-refractivity contribution in [2.24, 2.45) is 0 Å². The van der Waals surface area contributed by atoms with Crippen LogP contribution >= 0.6 is 0 Å². The number of carboxylic acids is 1. The second kappa shape index (κ2) is 6.10. The van der Waals surface area contributed by atoms with Crippen LogP contribution in [0.1, 0.15) is 18.5 Å². The van der Waals surface area contributed by atoms with Gasteiger partial charge in [-0.05, 0) is 24.7 Å². The van der Waals surface area contributed by atoms with Gasteiger partial charge < -0.3 is 19.9 Å². The largest absolute Gasteiger partial charge is 0.497 e. The summed E-state index contributed by atoms with van der Waals surface area (Å²) in [6, 6.07) is 4.29. The van der Waals surface area contributed by atoms with Gasteiger partial charge in [-0.2, -0.15) is 0 Å². The van der Waals surface area contributed by atoms with Gasteiger partial charge in [-0.3, -0.25) is 4.79 Å². The van der Waals surface area contributed by atoms with E-state index in [1.807, 2.05) is 6.92 Å². The number of methoxy groups -OCH3 is 2. The van der Waals surface area contributed by atoms with Crippen molar-refractivity contribution in [2.75, 3.05) is 20.8 Å². The minimum Gasteiger partial charge on any atom is -0.497 e. The molecule has 0 aliphatic heterocycles. The molecule has 0 saturated heterocycles. The maximum atomic E-state index is 11.2. The third-order valence-electron chi connectivity index (χ3n) is 2.40. The zero-order chi connectivity index (χ0) is 12.8. The van der Waals surface area contributed by atoms with Gasteiger partial charge in [-0.25, -0.2) is 0 Å². The molecule has 0 aromatic heterocycles. The molecule has 0 spiro atoms. The second-order valence-corrected chi connectivity index (χ2v) is 3.44. The Labute approximate surface area is 100 Å². The summed E-state index contributed by atoms with van der Waals surface area (Å²) in [7, 11) is 3.05. The number of aliphatic carboxylic acids is 1. The van der Waals surface area contributed by atoms with Crippen LogP contribution in [0.4, 0.5) is 0 Å². The van der Waals surface area contributed by atoms with Crippen LogP contribution in [0, 0.1) is 0 Å². The van der Waals surface area contributed by atoms with Gasteiger partial charge in [-0.1, -0.05) is 6.92 Å². The number of nitrogens with one attached hydrogen (secondary N) is 1. The monoisotopic (exact) mass is 239 g/mol. The molecule has 0 amide bonds. The summed E-state index contributed by atoms with van der Waals surface area (Å²) >= 11 is 0. The van der Waals surface area contributed by atoms with Crippen LogP contribution in [0.5, 0.6) is 11.5 Å². The van der Waals surface area contributed by atoms with Crippen molar-refractivity contribution in [3.8, 4) is 11.5 Å². The molecule has 5 nitrogen and oxygen atoms in total. The zero-order valence-corrected chi connectivity index (χ0v) is 10.2. The van der Waals surface area contributed by atoms with Crippen LogP contribution in [0.15, 0.2) is 18.2 Å². The highest BCUT2D eigenvalue weighted by atomic mass is 16.5. The topological polar surface area (TPSA) is 67.8 Å². The predicted molar refractivity (Wildman–Crippen MR) is 63.6 cm³/mol. The molecule has 0 aliphatic rings. The minimum atomic E-state index is -0.946. The van der Waals surface area contributed by atoms with Crippen molar-refractivity contribution in [2.45, 2.75) is 13.0 Å². The average molecular weight is 239 g/mol. The number of carboxylic acid groups (broad SMARTS) is 1. The maximum Gasteiger partial charge on any atom is 0.325 e. The van der Waals surface area contributed by atoms with Gasteiger partial charge in [0.2, 0.25) is 0 Å². The Hall–Kier alpha value is -1.75. The van der Waals surface area contributed by atoms with E-state index in [1.165, 1.54) is 14.2 Å². The number of benzene rings is 1. The molecule has 1 aromatic rings. The first-order valence-electron chi connectivity index (χ1n) is 5.32. The first kappa shape index (κ1) is 13.3. The highest BCUT2D eigenvalue weighted by Gasteiger charge is 2.22. The molecule has 1 rings (SSSR count). The fourth-order valence-corrected chi connectivity index (χ4v) is 1.60. The molecule has 0 saturated carbocycles. The highest BCUT2D eigenvalue weighted by molar-refractivity contribution is 5.77. The third-order valence-corrected chi connectivity index (χ3v) is 2.40. The van der Waals surface area contributed by atoms with Crippen LogP contribution in [-0.2, 0) is 4.79 Å². The van der Waals surface area contributed by atoms with Gasteiger partial charge in [0.05, 0.1) is 14.2 Å². The fourth-order valence-electron chi connectivity index (χ4n) is 1.60. The van der Waals surface area contributed by atoms with Gasteiger partial charge in [0.25, 0.3) is 0 Å². The third kappa shape index (κ3) is 3.10. The molecule has 0 heterocycles. The van der Waals surface area contributed by atoms with E-state index < -0.39 is 12.0 Å². The average Bonchev–Trinajstić information content (AvgIpc) is 2.34. The van der Waals surface area contributed by atoms with Crippen molar-refractivity contribution >= 4 is 5.97 Å². The number of carbonyl (C=O) groups is 1. The molecule has 0 bridgehead atoms. The number of ether oxygens (including phenoxy) is 2. The van der Waals surface area contributed by atoms with E-state index in [0.717, 1.165) is 0 Å². The molecule has 0 aliphatic carbocycles. The smallest absolute Gasteiger partial charge is 0.325 e. The lowest BCUT2D eigenvalue weighted by atomic mass is 10.1. The van der Waals surface area contributed by atoms with Crippen LogP contribution in [0.3, 0.4) is 0 Å². The van der Waals surface area contributed by atoms with E-state index in [-0.39, 0.29) is 0 Å². The Bertz CT molecular complexity index is 392. The van der Waals surface area contributed by atoms with Crippen LogP contribution < -0.4 is 14.8 Å². The molecule has 17 heavy (non-hydrogen) atoms. The summed E-state index contributed by atoms with van der Waals surface area (Å²) in [6.45, 7) is 2.40. The van der Waals surface area contributed by atoms with E-state index in [1.54, 1.807) is 18.2 Å². The lowest BCUT2D eigenvalue weighted by Gasteiger charge is -2.17. The SMILES string of the molecule is CCNC(C(=O)O)c1cc(OC)ccc1OC.